The van der Waals surface area contributed by atoms with Crippen molar-refractivity contribution in [3.8, 4) is 11.5 Å². The van der Waals surface area contributed by atoms with Gasteiger partial charge in [0.15, 0.2) is 11.6 Å². The number of anilines is 2. The predicted molar refractivity (Wildman–Crippen MR) is 84.2 cm³/mol. The van der Waals surface area contributed by atoms with E-state index in [1.54, 1.807) is 31.2 Å². The van der Waals surface area contributed by atoms with Gasteiger partial charge in [0, 0.05) is 5.02 Å². The molecular formula is C14H17ClN4O3. The summed E-state index contributed by atoms with van der Waals surface area (Å²) in [6.45, 7) is 1.04. The molecule has 0 radical (unpaired) electrons. The Labute approximate surface area is 132 Å². The number of nitrogens with two attached hydrogens (primary N) is 1. The Morgan fingerprint density at radius 2 is 1.91 bits per heavy atom. The summed E-state index contributed by atoms with van der Waals surface area (Å²) < 4.78 is 5.69. The molecule has 0 saturated heterocycles. The number of hydrogen-bond acceptors (Lipinski definition) is 7. The maximum atomic E-state index is 9.37. The minimum atomic E-state index is -0.973. The van der Waals surface area contributed by atoms with Crippen molar-refractivity contribution >= 4 is 23.4 Å². The van der Waals surface area contributed by atoms with Crippen LogP contribution in [0.15, 0.2) is 30.5 Å². The number of nitrogen functional groups attached to an aromatic ring is 1. The number of nitrogens with zero attached hydrogens (tertiary/aromatic N) is 2. The Bertz CT molecular complexity index is 632. The molecule has 118 valence electrons. The van der Waals surface area contributed by atoms with Gasteiger partial charge in [-0.3, -0.25) is 0 Å². The van der Waals surface area contributed by atoms with Gasteiger partial charge >= 0.3 is 0 Å². The third-order valence-corrected chi connectivity index (χ3v) is 3.19. The number of benzene rings is 1. The monoisotopic (exact) mass is 324 g/mol. The number of aromatic nitrogens is 2. The molecule has 1 aromatic heterocycles. The summed E-state index contributed by atoms with van der Waals surface area (Å²) in [6.07, 6.45) is 1.41. The molecule has 2 rings (SSSR count). The van der Waals surface area contributed by atoms with Crippen molar-refractivity contribution < 1.29 is 14.9 Å². The second-order valence-electron chi connectivity index (χ2n) is 5.00. The second-order valence-corrected chi connectivity index (χ2v) is 5.44. The van der Waals surface area contributed by atoms with Crippen molar-refractivity contribution in [3.63, 3.8) is 0 Å². The van der Waals surface area contributed by atoms with Crippen LogP contribution in [-0.4, -0.2) is 38.9 Å². The Hall–Kier alpha value is -2.09. The van der Waals surface area contributed by atoms with Gasteiger partial charge in [-0.05, 0) is 31.2 Å². The third kappa shape index (κ3) is 3.97. The van der Waals surface area contributed by atoms with Crippen LogP contribution in [0.2, 0.25) is 5.02 Å². The molecular weight excluding hydrogens is 308 g/mol. The van der Waals surface area contributed by atoms with Crippen LogP contribution in [0.4, 0.5) is 11.8 Å². The molecule has 8 heteroatoms. The fourth-order valence-corrected chi connectivity index (χ4v) is 1.72. The molecule has 0 fully saturated rings. The van der Waals surface area contributed by atoms with Crippen LogP contribution in [0.1, 0.15) is 6.92 Å². The molecule has 0 saturated carbocycles. The van der Waals surface area contributed by atoms with Crippen molar-refractivity contribution in [2.24, 2.45) is 0 Å². The number of ether oxygens (including phenoxy) is 1. The first kappa shape index (κ1) is 16.3. The molecule has 0 spiro atoms. The van der Waals surface area contributed by atoms with Gasteiger partial charge in [-0.15, -0.1) is 0 Å². The van der Waals surface area contributed by atoms with Crippen LogP contribution < -0.4 is 15.8 Å². The minimum absolute atomic E-state index is 0.0455. The van der Waals surface area contributed by atoms with Crippen molar-refractivity contribution in [1.29, 1.82) is 0 Å². The van der Waals surface area contributed by atoms with E-state index in [1.165, 1.54) is 6.20 Å². The number of aliphatic hydroxyl groups is 2. The highest BCUT2D eigenvalue weighted by atomic mass is 35.5. The zero-order valence-corrected chi connectivity index (χ0v) is 12.7. The molecule has 0 aliphatic carbocycles. The summed E-state index contributed by atoms with van der Waals surface area (Å²) in [6, 6.07) is 6.76. The summed E-state index contributed by atoms with van der Waals surface area (Å²) >= 11 is 5.83. The highest BCUT2D eigenvalue weighted by molar-refractivity contribution is 6.30. The topological polar surface area (TPSA) is 114 Å². The molecule has 0 atom stereocenters. The van der Waals surface area contributed by atoms with E-state index in [1.807, 2.05) is 0 Å². The van der Waals surface area contributed by atoms with Crippen LogP contribution >= 0.6 is 11.6 Å². The maximum Gasteiger partial charge on any atom is 0.222 e. The molecule has 1 aromatic carbocycles. The van der Waals surface area contributed by atoms with Crippen LogP contribution in [0.5, 0.6) is 11.5 Å². The van der Waals surface area contributed by atoms with E-state index >= 15 is 0 Å². The number of nitrogens with one attached hydrogen (secondary N) is 1. The lowest BCUT2D eigenvalue weighted by molar-refractivity contribution is 0.147. The van der Waals surface area contributed by atoms with Crippen molar-refractivity contribution in [3.05, 3.63) is 35.5 Å². The van der Waals surface area contributed by atoms with Gasteiger partial charge in [0.05, 0.1) is 24.9 Å². The normalized spacial score (nSPS) is 11.3. The Morgan fingerprint density at radius 1 is 1.27 bits per heavy atom. The van der Waals surface area contributed by atoms with Crippen LogP contribution in [-0.2, 0) is 0 Å². The molecule has 0 bridgehead atoms. The quantitative estimate of drug-likeness (QED) is 0.639. The van der Waals surface area contributed by atoms with E-state index in [0.29, 0.717) is 16.5 Å². The fourth-order valence-electron chi connectivity index (χ4n) is 1.59. The molecule has 0 unspecified atom stereocenters. The molecule has 22 heavy (non-hydrogen) atoms. The van der Waals surface area contributed by atoms with E-state index in [0.717, 1.165) is 0 Å². The number of rotatable bonds is 6. The highest BCUT2D eigenvalue weighted by Crippen LogP contribution is 2.30. The number of halogens is 1. The molecule has 5 N–H and O–H groups in total. The zero-order chi connectivity index (χ0) is 16.2. The second kappa shape index (κ2) is 6.78. The molecule has 0 aliphatic rings. The van der Waals surface area contributed by atoms with Gasteiger partial charge in [-0.1, -0.05) is 11.6 Å². The lowest BCUT2D eigenvalue weighted by Crippen LogP contribution is -2.43. The fraction of sp³-hybridized carbons (Fsp3) is 0.286. The van der Waals surface area contributed by atoms with Crippen molar-refractivity contribution in [2.75, 3.05) is 24.3 Å². The standard InChI is InChI=1S/C14H17ClN4O3/c1-14(7-20,8-21)19-12-11(6-17-13(16)18-12)22-10-4-2-9(15)3-5-10/h2-6,20-21H,7-8H2,1H3,(H3,16,17,18,19). The Kier molecular flexibility index (Phi) is 5.02. The summed E-state index contributed by atoms with van der Waals surface area (Å²) in [7, 11) is 0. The smallest absolute Gasteiger partial charge is 0.222 e. The Morgan fingerprint density at radius 3 is 2.50 bits per heavy atom. The predicted octanol–water partition coefficient (Wildman–Crippen LogP) is 1.66. The van der Waals surface area contributed by atoms with Crippen LogP contribution in [0.25, 0.3) is 0 Å². The first-order valence-corrected chi connectivity index (χ1v) is 6.89. The highest BCUT2D eigenvalue weighted by Gasteiger charge is 2.24. The summed E-state index contributed by atoms with van der Waals surface area (Å²) in [5.41, 5.74) is 4.61. The Balaban J connectivity index is 2.29. The number of aliphatic hydroxyl groups excluding tert-OH is 2. The van der Waals surface area contributed by atoms with Gasteiger partial charge < -0.3 is 26.0 Å². The molecule has 7 nitrogen and oxygen atoms in total. The van der Waals surface area contributed by atoms with Crippen LogP contribution in [0.3, 0.4) is 0 Å². The van der Waals surface area contributed by atoms with Gasteiger partial charge in [0.2, 0.25) is 5.95 Å². The molecule has 1 heterocycles. The zero-order valence-electron chi connectivity index (χ0n) is 12.0. The maximum absolute atomic E-state index is 9.37. The first-order chi connectivity index (χ1) is 10.5. The SMILES string of the molecule is CC(CO)(CO)Nc1nc(N)ncc1Oc1ccc(Cl)cc1. The average Bonchev–Trinajstić information content (AvgIpc) is 2.52. The van der Waals surface area contributed by atoms with E-state index < -0.39 is 5.54 Å². The number of hydrogen-bond donors (Lipinski definition) is 4. The summed E-state index contributed by atoms with van der Waals surface area (Å²) in [5.74, 6) is 1.16. The third-order valence-electron chi connectivity index (χ3n) is 2.93. The molecule has 0 amide bonds. The largest absolute Gasteiger partial charge is 0.452 e. The van der Waals surface area contributed by atoms with Gasteiger partial charge in [0.25, 0.3) is 0 Å². The van der Waals surface area contributed by atoms with E-state index in [-0.39, 0.29) is 25.0 Å². The van der Waals surface area contributed by atoms with E-state index in [2.05, 4.69) is 15.3 Å². The minimum Gasteiger partial charge on any atom is -0.452 e. The lowest BCUT2D eigenvalue weighted by Gasteiger charge is -2.27. The summed E-state index contributed by atoms with van der Waals surface area (Å²) in [5, 5.41) is 22.3. The van der Waals surface area contributed by atoms with Gasteiger partial charge in [-0.25, -0.2) is 4.98 Å². The van der Waals surface area contributed by atoms with Crippen molar-refractivity contribution in [1.82, 2.24) is 9.97 Å². The van der Waals surface area contributed by atoms with Gasteiger partial charge in [-0.2, -0.15) is 4.98 Å². The molecule has 2 aromatic rings. The average molecular weight is 325 g/mol. The first-order valence-electron chi connectivity index (χ1n) is 6.51. The molecule has 0 aliphatic heterocycles. The van der Waals surface area contributed by atoms with E-state index in [4.69, 9.17) is 22.1 Å². The van der Waals surface area contributed by atoms with Gasteiger partial charge in [0.1, 0.15) is 5.75 Å². The summed E-state index contributed by atoms with van der Waals surface area (Å²) in [4.78, 5) is 7.94. The van der Waals surface area contributed by atoms with Crippen molar-refractivity contribution in [2.45, 2.75) is 12.5 Å². The van der Waals surface area contributed by atoms with Crippen LogP contribution in [0, 0.1) is 0 Å². The van der Waals surface area contributed by atoms with E-state index in [9.17, 15) is 10.2 Å². The lowest BCUT2D eigenvalue weighted by atomic mass is 10.1.